The molecule has 2 atom stereocenters. The van der Waals surface area contributed by atoms with Gasteiger partial charge >= 0.3 is 12.0 Å². The minimum atomic E-state index is -1.19. The Kier molecular flexibility index (Phi) is 8.01. The number of hydrogen-bond donors (Lipinski definition) is 2. The van der Waals surface area contributed by atoms with E-state index in [1.165, 1.54) is 30.0 Å². The summed E-state index contributed by atoms with van der Waals surface area (Å²) in [6, 6.07) is 12.2. The van der Waals surface area contributed by atoms with Crippen LogP contribution in [0.25, 0.3) is 0 Å². The summed E-state index contributed by atoms with van der Waals surface area (Å²) >= 11 is 0. The normalized spacial score (nSPS) is 17.4. The fourth-order valence-electron chi connectivity index (χ4n) is 3.96. The second kappa shape index (κ2) is 11.1. The summed E-state index contributed by atoms with van der Waals surface area (Å²) < 4.78 is 0. The number of carboxylic acid groups (broad SMARTS) is 1. The third-order valence-electron chi connectivity index (χ3n) is 5.68. The largest absolute Gasteiger partial charge is 0.481 e. The van der Waals surface area contributed by atoms with Gasteiger partial charge in [-0.15, -0.1) is 0 Å². The Morgan fingerprint density at radius 2 is 1.97 bits per heavy atom. The Labute approximate surface area is 200 Å². The molecular weight excluding hydrogens is 454 g/mol. The first kappa shape index (κ1) is 25.2. The number of aliphatic carboxylic acids is 1. The molecule has 11 heteroatoms. The molecule has 180 valence electrons. The number of nitrogens with zero attached hydrogens (tertiary/aromatic N) is 4. The van der Waals surface area contributed by atoms with Gasteiger partial charge in [0.1, 0.15) is 5.92 Å². The molecule has 1 heterocycles. The summed E-state index contributed by atoms with van der Waals surface area (Å²) in [6.45, 7) is 1.98. The Morgan fingerprint density at radius 3 is 2.60 bits per heavy atom. The molecule has 3 rings (SSSR count). The van der Waals surface area contributed by atoms with E-state index in [2.05, 4.69) is 10.3 Å². The minimum absolute atomic E-state index is 0.0448. The highest BCUT2D eigenvalue weighted by Crippen LogP contribution is 2.35. The zero-order chi connectivity index (χ0) is 25.5. The number of amides is 2. The lowest BCUT2D eigenvalue weighted by molar-refractivity contribution is -0.385. The van der Waals surface area contributed by atoms with Crippen molar-refractivity contribution in [2.24, 2.45) is 10.9 Å². The molecule has 0 spiro atoms. The van der Waals surface area contributed by atoms with Crippen LogP contribution in [0.5, 0.6) is 0 Å². The topological polar surface area (TPSA) is 166 Å². The highest BCUT2D eigenvalue weighted by molar-refractivity contribution is 6.07. The molecule has 35 heavy (non-hydrogen) atoms. The Bertz CT molecular complexity index is 1220. The summed E-state index contributed by atoms with van der Waals surface area (Å²) in [5, 5.41) is 32.9. The van der Waals surface area contributed by atoms with E-state index in [0.717, 1.165) is 0 Å². The van der Waals surface area contributed by atoms with Crippen LogP contribution >= 0.6 is 0 Å². The van der Waals surface area contributed by atoms with Gasteiger partial charge < -0.3 is 15.3 Å². The predicted molar refractivity (Wildman–Crippen MR) is 125 cm³/mol. The fourth-order valence-corrected chi connectivity index (χ4v) is 3.96. The highest BCUT2D eigenvalue weighted by atomic mass is 16.6. The number of nitro benzene ring substituents is 1. The van der Waals surface area contributed by atoms with Crippen molar-refractivity contribution in [2.45, 2.75) is 19.4 Å². The summed E-state index contributed by atoms with van der Waals surface area (Å²) in [6.07, 6.45) is 0.388. The van der Waals surface area contributed by atoms with E-state index in [1.54, 1.807) is 30.3 Å². The third-order valence-corrected chi connectivity index (χ3v) is 5.68. The molecular formula is C24H23N5O6. The fraction of sp³-hybridized carbons (Fsp3) is 0.292. The summed E-state index contributed by atoms with van der Waals surface area (Å²) in [5.41, 5.74) is 1.17. The van der Waals surface area contributed by atoms with Gasteiger partial charge in [-0.1, -0.05) is 24.3 Å². The van der Waals surface area contributed by atoms with Crippen LogP contribution in [-0.4, -0.2) is 58.1 Å². The molecule has 2 aromatic carbocycles. The number of nitro groups is 1. The van der Waals surface area contributed by atoms with E-state index in [4.69, 9.17) is 5.26 Å². The lowest BCUT2D eigenvalue weighted by Crippen LogP contribution is -2.47. The van der Waals surface area contributed by atoms with E-state index in [-0.39, 0.29) is 30.3 Å². The lowest BCUT2D eigenvalue weighted by Gasteiger charge is -2.37. The van der Waals surface area contributed by atoms with E-state index in [1.807, 2.05) is 6.07 Å². The smallest absolute Gasteiger partial charge is 0.344 e. The molecule has 0 fully saturated rings. The number of aliphatic imine (C=N–C) groups is 1. The predicted octanol–water partition coefficient (Wildman–Crippen LogP) is 2.97. The highest BCUT2D eigenvalue weighted by Gasteiger charge is 2.42. The molecule has 0 bridgehead atoms. The maximum absolute atomic E-state index is 12.7. The van der Waals surface area contributed by atoms with Crippen molar-refractivity contribution in [2.75, 3.05) is 19.6 Å². The number of ketones is 1. The molecule has 2 aromatic rings. The van der Waals surface area contributed by atoms with Crippen molar-refractivity contribution in [3.05, 3.63) is 75.3 Å². The SMILES string of the molecule is CC1=NC(=O)N(CCCNCC(=O)c2ccc(C#N)cc2)C(c2cccc([N+](=O)[O-])c2)C1C(=O)O. The van der Waals surface area contributed by atoms with Crippen molar-refractivity contribution in [1.82, 2.24) is 10.2 Å². The molecule has 2 amide bonds. The number of urea groups is 1. The third kappa shape index (κ3) is 5.93. The molecule has 2 unspecified atom stereocenters. The number of rotatable bonds is 10. The van der Waals surface area contributed by atoms with Crippen molar-refractivity contribution in [3.63, 3.8) is 0 Å². The van der Waals surface area contributed by atoms with Crippen LogP contribution in [0.15, 0.2) is 53.5 Å². The van der Waals surface area contributed by atoms with Crippen LogP contribution in [0.4, 0.5) is 10.5 Å². The number of non-ortho nitro benzene ring substituents is 1. The first-order valence-electron chi connectivity index (χ1n) is 10.8. The van der Waals surface area contributed by atoms with E-state index in [9.17, 15) is 29.6 Å². The van der Waals surface area contributed by atoms with Crippen LogP contribution in [0.2, 0.25) is 0 Å². The van der Waals surface area contributed by atoms with Crippen LogP contribution in [-0.2, 0) is 4.79 Å². The van der Waals surface area contributed by atoms with Gasteiger partial charge in [-0.25, -0.2) is 9.79 Å². The van der Waals surface area contributed by atoms with Gasteiger partial charge in [0.05, 0.1) is 29.1 Å². The monoisotopic (exact) mass is 477 g/mol. The molecule has 0 aliphatic carbocycles. The number of carboxylic acids is 1. The molecule has 0 radical (unpaired) electrons. The Balaban J connectivity index is 1.69. The standard InChI is InChI=1S/C24H23N5O6/c1-15-21(23(31)32)22(18-4-2-5-19(12-18)29(34)35)28(24(33)27-15)11-3-10-26-14-20(30)17-8-6-16(13-25)7-9-17/h2,4-9,12,21-22,26H,3,10-11,14H2,1H3,(H,31,32). The van der Waals surface area contributed by atoms with Gasteiger partial charge in [0, 0.05) is 30.0 Å². The molecule has 11 nitrogen and oxygen atoms in total. The zero-order valence-electron chi connectivity index (χ0n) is 18.9. The molecule has 0 saturated heterocycles. The van der Waals surface area contributed by atoms with E-state index >= 15 is 0 Å². The summed E-state index contributed by atoms with van der Waals surface area (Å²) in [7, 11) is 0. The number of hydrogen-bond acceptors (Lipinski definition) is 7. The molecule has 2 N–H and O–H groups in total. The molecule has 0 saturated carbocycles. The maximum Gasteiger partial charge on any atom is 0.344 e. The molecule has 0 aromatic heterocycles. The number of carbonyl (C=O) groups excluding carboxylic acids is 2. The van der Waals surface area contributed by atoms with Crippen LogP contribution in [0.1, 0.15) is 40.9 Å². The van der Waals surface area contributed by atoms with Crippen molar-refractivity contribution >= 4 is 29.2 Å². The summed E-state index contributed by atoms with van der Waals surface area (Å²) in [4.78, 5) is 52.8. The van der Waals surface area contributed by atoms with Gasteiger partial charge in [-0.05, 0) is 37.6 Å². The first-order chi connectivity index (χ1) is 16.7. The molecule has 1 aliphatic heterocycles. The van der Waals surface area contributed by atoms with Crippen LogP contribution in [0, 0.1) is 27.4 Å². The second-order valence-electron chi connectivity index (χ2n) is 7.98. The average Bonchev–Trinajstić information content (AvgIpc) is 2.84. The summed E-state index contributed by atoms with van der Waals surface area (Å²) in [5.74, 6) is -2.50. The van der Waals surface area contributed by atoms with Crippen molar-refractivity contribution in [1.29, 1.82) is 5.26 Å². The van der Waals surface area contributed by atoms with E-state index < -0.39 is 28.9 Å². The Morgan fingerprint density at radius 1 is 1.26 bits per heavy atom. The maximum atomic E-state index is 12.7. The molecule has 1 aliphatic rings. The average molecular weight is 477 g/mol. The van der Waals surface area contributed by atoms with Crippen molar-refractivity contribution in [3.8, 4) is 6.07 Å². The second-order valence-corrected chi connectivity index (χ2v) is 7.98. The number of nitriles is 1. The first-order valence-corrected chi connectivity index (χ1v) is 10.8. The minimum Gasteiger partial charge on any atom is -0.481 e. The number of benzene rings is 2. The Hall–Kier alpha value is -4.43. The van der Waals surface area contributed by atoms with Crippen molar-refractivity contribution < 1.29 is 24.4 Å². The van der Waals surface area contributed by atoms with Crippen LogP contribution < -0.4 is 5.32 Å². The quantitative estimate of drug-likeness (QED) is 0.228. The number of Topliss-reactive ketones (excluding diaryl/α,β-unsaturated/α-hetero) is 1. The van der Waals surface area contributed by atoms with Gasteiger partial charge in [0.15, 0.2) is 5.78 Å². The van der Waals surface area contributed by atoms with Gasteiger partial charge in [-0.2, -0.15) is 5.26 Å². The lowest BCUT2D eigenvalue weighted by atomic mass is 9.86. The number of nitrogens with one attached hydrogen (secondary N) is 1. The number of carbonyl (C=O) groups is 3. The van der Waals surface area contributed by atoms with Gasteiger partial charge in [0.2, 0.25) is 0 Å². The zero-order valence-corrected chi connectivity index (χ0v) is 18.9. The van der Waals surface area contributed by atoms with Crippen LogP contribution in [0.3, 0.4) is 0 Å². The van der Waals surface area contributed by atoms with Gasteiger partial charge in [0.25, 0.3) is 5.69 Å². The van der Waals surface area contributed by atoms with E-state index in [0.29, 0.717) is 29.7 Å². The van der Waals surface area contributed by atoms with Gasteiger partial charge in [-0.3, -0.25) is 19.7 Å².